The molecule has 0 amide bonds. The molecule has 1 heterocycles. The van der Waals surface area contributed by atoms with E-state index in [0.717, 1.165) is 10.2 Å². The number of morpholine rings is 1. The molecular formula is C12H10BrN3O. The molecule has 0 saturated carbocycles. The first kappa shape index (κ1) is 11.9. The van der Waals surface area contributed by atoms with Crippen LogP contribution < -0.4 is 4.90 Å². The van der Waals surface area contributed by atoms with Gasteiger partial charge in [-0.2, -0.15) is 10.5 Å². The van der Waals surface area contributed by atoms with Crippen LogP contribution in [-0.2, 0) is 4.74 Å². The fraction of sp³-hybridized carbons (Fsp3) is 0.333. The number of anilines is 1. The van der Waals surface area contributed by atoms with Crippen molar-refractivity contribution < 1.29 is 4.74 Å². The summed E-state index contributed by atoms with van der Waals surface area (Å²) in [5.74, 6) is 0. The molecule has 1 aromatic rings. The van der Waals surface area contributed by atoms with E-state index >= 15 is 0 Å². The largest absolute Gasteiger partial charge is 0.364 e. The highest BCUT2D eigenvalue weighted by Gasteiger charge is 2.21. The molecule has 1 aliphatic heterocycles. The third-order valence-corrected chi connectivity index (χ3v) is 3.12. The molecule has 4 nitrogen and oxygen atoms in total. The van der Waals surface area contributed by atoms with Gasteiger partial charge in [-0.3, -0.25) is 0 Å². The molecule has 1 unspecified atom stereocenters. The molecule has 0 N–H and O–H groups in total. The minimum absolute atomic E-state index is 0.418. The van der Waals surface area contributed by atoms with Gasteiger partial charge in [-0.25, -0.2) is 0 Å². The van der Waals surface area contributed by atoms with Crippen LogP contribution in [-0.4, -0.2) is 25.8 Å². The minimum Gasteiger partial charge on any atom is -0.364 e. The molecule has 0 bridgehead atoms. The Hall–Kier alpha value is -1.56. The van der Waals surface area contributed by atoms with E-state index in [-0.39, 0.29) is 0 Å². The molecule has 86 valence electrons. The first-order valence-corrected chi connectivity index (χ1v) is 5.99. The Kier molecular flexibility index (Phi) is 3.63. The lowest BCUT2D eigenvalue weighted by Gasteiger charge is -2.32. The van der Waals surface area contributed by atoms with Crippen molar-refractivity contribution in [2.24, 2.45) is 0 Å². The Morgan fingerprint density at radius 2 is 2.24 bits per heavy atom. The molecular weight excluding hydrogens is 282 g/mol. The highest BCUT2D eigenvalue weighted by atomic mass is 79.9. The Labute approximate surface area is 108 Å². The topological polar surface area (TPSA) is 60.1 Å². The molecule has 1 atom stereocenters. The quantitative estimate of drug-likeness (QED) is 0.795. The first-order chi connectivity index (χ1) is 8.24. The van der Waals surface area contributed by atoms with Gasteiger partial charge in [0.2, 0.25) is 0 Å². The second kappa shape index (κ2) is 5.18. The molecule has 0 spiro atoms. The van der Waals surface area contributed by atoms with Crippen LogP contribution in [0.4, 0.5) is 5.69 Å². The average molecular weight is 292 g/mol. The van der Waals surface area contributed by atoms with Gasteiger partial charge in [-0.05, 0) is 18.2 Å². The van der Waals surface area contributed by atoms with E-state index in [4.69, 9.17) is 15.3 Å². The van der Waals surface area contributed by atoms with E-state index in [2.05, 4.69) is 28.1 Å². The molecule has 1 saturated heterocycles. The van der Waals surface area contributed by atoms with Crippen LogP contribution >= 0.6 is 15.9 Å². The van der Waals surface area contributed by atoms with Gasteiger partial charge in [0.1, 0.15) is 6.07 Å². The zero-order valence-electron chi connectivity index (χ0n) is 9.06. The molecule has 1 aliphatic rings. The molecule has 0 radical (unpaired) electrons. The molecule has 0 aliphatic carbocycles. The van der Waals surface area contributed by atoms with Crippen LogP contribution in [0.2, 0.25) is 0 Å². The van der Waals surface area contributed by atoms with E-state index in [1.807, 2.05) is 17.0 Å². The summed E-state index contributed by atoms with van der Waals surface area (Å²) < 4.78 is 6.16. The number of ether oxygens (including phenoxy) is 1. The first-order valence-electron chi connectivity index (χ1n) is 5.20. The highest BCUT2D eigenvalue weighted by Crippen LogP contribution is 2.25. The van der Waals surface area contributed by atoms with Crippen molar-refractivity contribution in [2.45, 2.75) is 6.10 Å². The summed E-state index contributed by atoms with van der Waals surface area (Å²) in [7, 11) is 0. The van der Waals surface area contributed by atoms with Crippen molar-refractivity contribution in [2.75, 3.05) is 24.6 Å². The number of nitriles is 2. The van der Waals surface area contributed by atoms with E-state index < -0.39 is 6.10 Å². The third-order valence-electron chi connectivity index (χ3n) is 2.63. The van der Waals surface area contributed by atoms with E-state index in [9.17, 15) is 0 Å². The van der Waals surface area contributed by atoms with Gasteiger partial charge in [0, 0.05) is 11.0 Å². The Bertz CT molecular complexity index is 503. The normalized spacial score (nSPS) is 19.5. The van der Waals surface area contributed by atoms with Gasteiger partial charge in [0.15, 0.2) is 6.10 Å². The lowest BCUT2D eigenvalue weighted by molar-refractivity contribution is 0.0764. The van der Waals surface area contributed by atoms with E-state index in [1.165, 1.54) is 0 Å². The standard InChI is InChI=1S/C12H10BrN3O/c13-10-1-2-12(9(5-10)6-14)16-3-4-17-11(7-15)8-16/h1-2,5,11H,3-4,8H2. The van der Waals surface area contributed by atoms with Crippen molar-refractivity contribution in [1.29, 1.82) is 10.5 Å². The van der Waals surface area contributed by atoms with Crippen LogP contribution in [0, 0.1) is 22.7 Å². The Morgan fingerprint density at radius 3 is 2.94 bits per heavy atom. The summed E-state index contributed by atoms with van der Waals surface area (Å²) >= 11 is 3.34. The lowest BCUT2D eigenvalue weighted by Crippen LogP contribution is -2.42. The van der Waals surface area contributed by atoms with Gasteiger partial charge < -0.3 is 9.64 Å². The average Bonchev–Trinajstić information content (AvgIpc) is 2.38. The molecule has 17 heavy (non-hydrogen) atoms. The van der Waals surface area contributed by atoms with Crippen molar-refractivity contribution in [1.82, 2.24) is 0 Å². The molecule has 0 aromatic heterocycles. The van der Waals surface area contributed by atoms with Crippen LogP contribution in [0.15, 0.2) is 22.7 Å². The summed E-state index contributed by atoms with van der Waals surface area (Å²) in [5, 5.41) is 18.0. The maximum absolute atomic E-state index is 9.10. The van der Waals surface area contributed by atoms with Crippen molar-refractivity contribution in [3.63, 3.8) is 0 Å². The molecule has 1 aromatic carbocycles. The Morgan fingerprint density at radius 1 is 1.41 bits per heavy atom. The van der Waals surface area contributed by atoms with Gasteiger partial charge >= 0.3 is 0 Å². The van der Waals surface area contributed by atoms with Gasteiger partial charge in [0.25, 0.3) is 0 Å². The van der Waals surface area contributed by atoms with Crippen LogP contribution in [0.5, 0.6) is 0 Å². The number of rotatable bonds is 1. The van der Waals surface area contributed by atoms with E-state index in [1.54, 1.807) is 6.07 Å². The summed E-state index contributed by atoms with van der Waals surface area (Å²) in [5.41, 5.74) is 1.47. The van der Waals surface area contributed by atoms with Gasteiger partial charge in [-0.15, -0.1) is 0 Å². The molecule has 5 heteroatoms. The number of hydrogen-bond donors (Lipinski definition) is 0. The van der Waals surface area contributed by atoms with E-state index in [0.29, 0.717) is 25.3 Å². The smallest absolute Gasteiger partial charge is 0.161 e. The maximum Gasteiger partial charge on any atom is 0.161 e. The summed E-state index contributed by atoms with van der Waals surface area (Å²) in [6.45, 7) is 1.72. The minimum atomic E-state index is -0.418. The van der Waals surface area contributed by atoms with Crippen molar-refractivity contribution in [3.8, 4) is 12.1 Å². The third kappa shape index (κ3) is 2.58. The fourth-order valence-electron chi connectivity index (χ4n) is 1.82. The zero-order valence-corrected chi connectivity index (χ0v) is 10.6. The van der Waals surface area contributed by atoms with Crippen molar-refractivity contribution in [3.05, 3.63) is 28.2 Å². The summed E-state index contributed by atoms with van der Waals surface area (Å²) in [6.07, 6.45) is -0.418. The second-order valence-electron chi connectivity index (χ2n) is 3.71. The Balaban J connectivity index is 2.28. The van der Waals surface area contributed by atoms with Crippen LogP contribution in [0.25, 0.3) is 0 Å². The number of halogens is 1. The second-order valence-corrected chi connectivity index (χ2v) is 4.62. The molecule has 1 fully saturated rings. The van der Waals surface area contributed by atoms with Crippen molar-refractivity contribution >= 4 is 21.6 Å². The van der Waals surface area contributed by atoms with Gasteiger partial charge in [-0.1, -0.05) is 15.9 Å². The highest BCUT2D eigenvalue weighted by molar-refractivity contribution is 9.10. The fourth-order valence-corrected chi connectivity index (χ4v) is 2.18. The predicted molar refractivity (Wildman–Crippen MR) is 66.4 cm³/mol. The summed E-state index contributed by atoms with van der Waals surface area (Å²) in [4.78, 5) is 2.02. The zero-order chi connectivity index (χ0) is 12.3. The molecule has 2 rings (SSSR count). The lowest BCUT2D eigenvalue weighted by atomic mass is 10.1. The summed E-state index contributed by atoms with van der Waals surface area (Å²) in [6, 6.07) is 9.84. The number of hydrogen-bond acceptors (Lipinski definition) is 4. The number of benzene rings is 1. The van der Waals surface area contributed by atoms with Gasteiger partial charge in [0.05, 0.1) is 30.5 Å². The number of nitrogens with zero attached hydrogens (tertiary/aromatic N) is 3. The van der Waals surface area contributed by atoms with Crippen LogP contribution in [0.3, 0.4) is 0 Å². The van der Waals surface area contributed by atoms with Crippen LogP contribution in [0.1, 0.15) is 5.56 Å². The maximum atomic E-state index is 9.10. The SMILES string of the molecule is N#Cc1cc(Br)ccc1N1CCOC(C#N)C1. The predicted octanol–water partition coefficient (Wildman–Crippen LogP) is 2.05. The monoisotopic (exact) mass is 291 g/mol.